The first-order valence-electron chi connectivity index (χ1n) is 7.24. The lowest BCUT2D eigenvalue weighted by atomic mass is 10.2. The van der Waals surface area contributed by atoms with Crippen molar-refractivity contribution in [2.45, 2.75) is 38.3 Å². The van der Waals surface area contributed by atoms with E-state index in [0.717, 1.165) is 11.4 Å². The van der Waals surface area contributed by atoms with Crippen LogP contribution in [0, 0.1) is 11.3 Å². The molecular formula is C16H17ClN4. The van der Waals surface area contributed by atoms with Crippen molar-refractivity contribution in [2.24, 2.45) is 0 Å². The molecule has 21 heavy (non-hydrogen) atoms. The highest BCUT2D eigenvalue weighted by molar-refractivity contribution is 6.32. The predicted octanol–water partition coefficient (Wildman–Crippen LogP) is 4.14. The van der Waals surface area contributed by atoms with Gasteiger partial charge in [-0.05, 0) is 37.1 Å². The number of aromatic nitrogens is 2. The number of anilines is 1. The lowest BCUT2D eigenvalue weighted by Crippen LogP contribution is -2.07. The SMILES string of the molecule is N#Cc1ccc(NCc2ccn(C3CCCC3)n2)cc1Cl. The monoisotopic (exact) mass is 300 g/mol. The number of hydrogen-bond acceptors (Lipinski definition) is 3. The molecule has 0 atom stereocenters. The zero-order valence-corrected chi connectivity index (χ0v) is 12.5. The molecule has 1 fully saturated rings. The molecule has 0 spiro atoms. The molecule has 0 radical (unpaired) electrons. The Balaban J connectivity index is 1.62. The summed E-state index contributed by atoms with van der Waals surface area (Å²) in [6.07, 6.45) is 7.15. The van der Waals surface area contributed by atoms with E-state index in [1.807, 2.05) is 6.07 Å². The fourth-order valence-electron chi connectivity index (χ4n) is 2.75. The maximum absolute atomic E-state index is 8.86. The third kappa shape index (κ3) is 3.20. The maximum Gasteiger partial charge on any atom is 0.101 e. The van der Waals surface area contributed by atoms with Crippen LogP contribution >= 0.6 is 11.6 Å². The fraction of sp³-hybridized carbons (Fsp3) is 0.375. The topological polar surface area (TPSA) is 53.6 Å². The molecule has 1 heterocycles. The van der Waals surface area contributed by atoms with Crippen molar-refractivity contribution in [1.29, 1.82) is 5.26 Å². The Morgan fingerprint density at radius 1 is 1.33 bits per heavy atom. The Hall–Kier alpha value is -1.99. The first-order chi connectivity index (χ1) is 10.3. The Morgan fingerprint density at radius 2 is 2.14 bits per heavy atom. The van der Waals surface area contributed by atoms with Gasteiger partial charge in [-0.3, -0.25) is 4.68 Å². The second-order valence-electron chi connectivity index (χ2n) is 5.39. The Kier molecular flexibility index (Phi) is 4.12. The van der Waals surface area contributed by atoms with Gasteiger partial charge in [-0.15, -0.1) is 0 Å². The molecule has 3 rings (SSSR count). The van der Waals surface area contributed by atoms with Crippen LogP contribution in [0.25, 0.3) is 0 Å². The van der Waals surface area contributed by atoms with E-state index in [9.17, 15) is 0 Å². The standard InChI is InChI=1S/C16H17ClN4/c17-16-9-13(6-5-12(16)10-18)19-11-14-7-8-21(20-14)15-3-1-2-4-15/h5-9,15,19H,1-4,11H2. The largest absolute Gasteiger partial charge is 0.379 e. The van der Waals surface area contributed by atoms with Gasteiger partial charge in [-0.1, -0.05) is 24.4 Å². The molecule has 1 aromatic carbocycles. The molecule has 5 heteroatoms. The summed E-state index contributed by atoms with van der Waals surface area (Å²) in [6, 6.07) is 10.0. The van der Waals surface area contributed by atoms with E-state index < -0.39 is 0 Å². The molecule has 1 N–H and O–H groups in total. The zero-order valence-electron chi connectivity index (χ0n) is 11.7. The molecule has 0 bridgehead atoms. The molecule has 0 amide bonds. The van der Waals surface area contributed by atoms with Crippen molar-refractivity contribution < 1.29 is 0 Å². The van der Waals surface area contributed by atoms with Gasteiger partial charge < -0.3 is 5.32 Å². The smallest absolute Gasteiger partial charge is 0.101 e. The van der Waals surface area contributed by atoms with Crippen molar-refractivity contribution in [3.05, 3.63) is 46.7 Å². The van der Waals surface area contributed by atoms with Gasteiger partial charge in [0.25, 0.3) is 0 Å². The number of hydrogen-bond donors (Lipinski definition) is 1. The highest BCUT2D eigenvalue weighted by Gasteiger charge is 2.17. The summed E-state index contributed by atoms with van der Waals surface area (Å²) in [5.74, 6) is 0. The first-order valence-corrected chi connectivity index (χ1v) is 7.61. The molecule has 1 aliphatic carbocycles. The van der Waals surface area contributed by atoms with Crippen LogP contribution in [0.2, 0.25) is 5.02 Å². The van der Waals surface area contributed by atoms with Crippen LogP contribution in [0.4, 0.5) is 5.69 Å². The molecule has 2 aromatic rings. The third-order valence-electron chi connectivity index (χ3n) is 3.93. The summed E-state index contributed by atoms with van der Waals surface area (Å²) in [5.41, 5.74) is 2.41. The highest BCUT2D eigenvalue weighted by atomic mass is 35.5. The van der Waals surface area contributed by atoms with Gasteiger partial charge in [0.2, 0.25) is 0 Å². The number of rotatable bonds is 4. The third-order valence-corrected chi connectivity index (χ3v) is 4.24. The van der Waals surface area contributed by atoms with E-state index in [4.69, 9.17) is 16.9 Å². The number of nitriles is 1. The van der Waals surface area contributed by atoms with Crippen molar-refractivity contribution in [3.8, 4) is 6.07 Å². The number of nitrogens with zero attached hydrogens (tertiary/aromatic N) is 3. The van der Waals surface area contributed by atoms with Crippen LogP contribution in [-0.4, -0.2) is 9.78 Å². The number of halogens is 1. The predicted molar refractivity (Wildman–Crippen MR) is 83.2 cm³/mol. The minimum Gasteiger partial charge on any atom is -0.379 e. The normalized spacial score (nSPS) is 15.0. The Bertz CT molecular complexity index is 665. The summed E-state index contributed by atoms with van der Waals surface area (Å²) < 4.78 is 2.09. The summed E-state index contributed by atoms with van der Waals surface area (Å²) in [6.45, 7) is 0.655. The molecule has 1 saturated carbocycles. The number of benzene rings is 1. The van der Waals surface area contributed by atoms with Gasteiger partial charge in [-0.25, -0.2) is 0 Å². The van der Waals surface area contributed by atoms with E-state index in [0.29, 0.717) is 23.2 Å². The van der Waals surface area contributed by atoms with E-state index >= 15 is 0 Å². The van der Waals surface area contributed by atoms with Gasteiger partial charge in [0.05, 0.1) is 28.9 Å². The van der Waals surface area contributed by atoms with Gasteiger partial charge in [-0.2, -0.15) is 10.4 Å². The lowest BCUT2D eigenvalue weighted by Gasteiger charge is -2.09. The van der Waals surface area contributed by atoms with Crippen LogP contribution in [0.1, 0.15) is 43.0 Å². The quantitative estimate of drug-likeness (QED) is 0.923. The molecule has 1 aliphatic rings. The maximum atomic E-state index is 8.86. The summed E-state index contributed by atoms with van der Waals surface area (Å²) in [5, 5.41) is 17.2. The van der Waals surface area contributed by atoms with Gasteiger partial charge in [0.1, 0.15) is 6.07 Å². The van der Waals surface area contributed by atoms with Crippen molar-refractivity contribution in [2.75, 3.05) is 5.32 Å². The van der Waals surface area contributed by atoms with Crippen LogP contribution in [0.15, 0.2) is 30.5 Å². The van der Waals surface area contributed by atoms with Crippen molar-refractivity contribution in [3.63, 3.8) is 0 Å². The minimum absolute atomic E-state index is 0.471. The van der Waals surface area contributed by atoms with Crippen LogP contribution in [0.5, 0.6) is 0 Å². The van der Waals surface area contributed by atoms with Gasteiger partial charge in [0.15, 0.2) is 0 Å². The molecule has 0 unspecified atom stereocenters. The highest BCUT2D eigenvalue weighted by Crippen LogP contribution is 2.28. The lowest BCUT2D eigenvalue weighted by molar-refractivity contribution is 0.463. The fourth-order valence-corrected chi connectivity index (χ4v) is 2.97. The van der Waals surface area contributed by atoms with E-state index in [-0.39, 0.29) is 0 Å². The Morgan fingerprint density at radius 3 is 2.86 bits per heavy atom. The molecule has 0 saturated heterocycles. The van der Waals surface area contributed by atoms with E-state index in [1.165, 1.54) is 25.7 Å². The average molecular weight is 301 g/mol. The molecule has 1 aromatic heterocycles. The van der Waals surface area contributed by atoms with Gasteiger partial charge in [0, 0.05) is 11.9 Å². The number of nitrogens with one attached hydrogen (secondary N) is 1. The second-order valence-corrected chi connectivity index (χ2v) is 5.79. The van der Waals surface area contributed by atoms with Crippen molar-refractivity contribution in [1.82, 2.24) is 9.78 Å². The molecule has 4 nitrogen and oxygen atoms in total. The summed E-state index contributed by atoms with van der Waals surface area (Å²) in [4.78, 5) is 0. The molecule has 108 valence electrons. The zero-order chi connectivity index (χ0) is 14.7. The average Bonchev–Trinajstić information content (AvgIpc) is 3.16. The first kappa shape index (κ1) is 14.0. The Labute approximate surface area is 129 Å². The molecular weight excluding hydrogens is 284 g/mol. The van der Waals surface area contributed by atoms with Crippen LogP contribution in [-0.2, 0) is 6.54 Å². The van der Waals surface area contributed by atoms with Crippen molar-refractivity contribution >= 4 is 17.3 Å². The minimum atomic E-state index is 0.471. The van der Waals surface area contributed by atoms with E-state index in [2.05, 4.69) is 33.4 Å². The summed E-state index contributed by atoms with van der Waals surface area (Å²) >= 11 is 6.02. The summed E-state index contributed by atoms with van der Waals surface area (Å²) in [7, 11) is 0. The molecule has 0 aliphatic heterocycles. The second kappa shape index (κ2) is 6.19. The van der Waals surface area contributed by atoms with E-state index in [1.54, 1.807) is 12.1 Å². The van der Waals surface area contributed by atoms with Gasteiger partial charge >= 0.3 is 0 Å². The van der Waals surface area contributed by atoms with Crippen LogP contribution < -0.4 is 5.32 Å². The van der Waals surface area contributed by atoms with Crippen LogP contribution in [0.3, 0.4) is 0 Å².